The van der Waals surface area contributed by atoms with Crippen LogP contribution in [-0.4, -0.2) is 21.8 Å². The van der Waals surface area contributed by atoms with Gasteiger partial charge in [-0.25, -0.2) is 0 Å². The lowest BCUT2D eigenvalue weighted by atomic mass is 10.1. The van der Waals surface area contributed by atoms with Gasteiger partial charge >= 0.3 is 0 Å². The summed E-state index contributed by atoms with van der Waals surface area (Å²) in [5.41, 5.74) is 1.34. The minimum absolute atomic E-state index is 0.482. The molecule has 0 bridgehead atoms. The first-order valence-electron chi connectivity index (χ1n) is 6.38. The summed E-state index contributed by atoms with van der Waals surface area (Å²) in [7, 11) is 2.03. The van der Waals surface area contributed by atoms with Crippen LogP contribution in [0.1, 0.15) is 36.2 Å². The number of hydrogen-bond donors (Lipinski definition) is 1. The summed E-state index contributed by atoms with van der Waals surface area (Å²) in [5, 5.41) is 7.19. The highest BCUT2D eigenvalue weighted by atomic mass is 16.5. The molecule has 1 saturated carbocycles. The van der Waals surface area contributed by atoms with E-state index >= 15 is 0 Å². The Labute approximate surface area is 106 Å². The summed E-state index contributed by atoms with van der Waals surface area (Å²) < 4.78 is 7.22. The van der Waals surface area contributed by atoms with Gasteiger partial charge in [0.15, 0.2) is 5.82 Å². The Morgan fingerprint density at radius 2 is 2.39 bits per heavy atom. The van der Waals surface area contributed by atoms with Crippen molar-refractivity contribution in [2.75, 3.05) is 7.05 Å². The lowest BCUT2D eigenvalue weighted by Gasteiger charge is -2.13. The van der Waals surface area contributed by atoms with Gasteiger partial charge in [-0.15, -0.1) is 0 Å². The molecule has 0 spiro atoms. The molecule has 5 nitrogen and oxygen atoms in total. The number of nitrogens with zero attached hydrogens (tertiary/aromatic N) is 3. The predicted molar refractivity (Wildman–Crippen MR) is 67.1 cm³/mol. The van der Waals surface area contributed by atoms with Gasteiger partial charge in [0.1, 0.15) is 6.54 Å². The van der Waals surface area contributed by atoms with E-state index in [-0.39, 0.29) is 0 Å². The van der Waals surface area contributed by atoms with Crippen LogP contribution >= 0.6 is 0 Å². The smallest absolute Gasteiger partial charge is 0.246 e. The molecule has 1 N–H and O–H groups in total. The molecule has 0 amide bonds. The van der Waals surface area contributed by atoms with Crippen molar-refractivity contribution in [2.45, 2.75) is 32.4 Å². The van der Waals surface area contributed by atoms with Crippen molar-refractivity contribution in [3.05, 3.63) is 35.7 Å². The maximum Gasteiger partial charge on any atom is 0.246 e. The van der Waals surface area contributed by atoms with Gasteiger partial charge in [0, 0.05) is 18.4 Å². The first-order chi connectivity index (χ1) is 8.76. The molecule has 1 aliphatic carbocycles. The van der Waals surface area contributed by atoms with Gasteiger partial charge in [-0.1, -0.05) is 5.16 Å². The van der Waals surface area contributed by atoms with Crippen LogP contribution in [0, 0.1) is 12.8 Å². The molecule has 0 saturated heterocycles. The zero-order valence-electron chi connectivity index (χ0n) is 10.8. The number of nitrogens with one attached hydrogen (secondary N) is 1. The first kappa shape index (κ1) is 11.5. The lowest BCUT2D eigenvalue weighted by molar-refractivity contribution is 0.367. The summed E-state index contributed by atoms with van der Waals surface area (Å²) >= 11 is 0. The Morgan fingerprint density at radius 3 is 3.00 bits per heavy atom. The summed E-state index contributed by atoms with van der Waals surface area (Å²) in [4.78, 5) is 4.21. The van der Waals surface area contributed by atoms with E-state index in [1.165, 1.54) is 18.4 Å². The number of hydrogen-bond acceptors (Lipinski definition) is 4. The highest BCUT2D eigenvalue weighted by Gasteiger charge is 2.31. The van der Waals surface area contributed by atoms with E-state index in [2.05, 4.69) is 38.5 Å². The molecule has 96 valence electrons. The number of aromatic nitrogens is 3. The summed E-state index contributed by atoms with van der Waals surface area (Å²) in [6.45, 7) is 2.47. The molecule has 2 heterocycles. The Kier molecular flexibility index (Phi) is 2.91. The molecule has 1 aliphatic rings. The van der Waals surface area contributed by atoms with Crippen LogP contribution in [0.2, 0.25) is 0 Å². The van der Waals surface area contributed by atoms with Crippen molar-refractivity contribution < 1.29 is 4.52 Å². The van der Waals surface area contributed by atoms with Gasteiger partial charge in [-0.2, -0.15) is 4.98 Å². The van der Waals surface area contributed by atoms with E-state index in [0.717, 1.165) is 5.92 Å². The highest BCUT2D eigenvalue weighted by Crippen LogP contribution is 2.40. The Balaban J connectivity index is 1.72. The Hall–Kier alpha value is -1.62. The normalized spacial score (nSPS) is 17.0. The molecule has 2 aromatic rings. The third kappa shape index (κ3) is 2.31. The molecular weight excluding hydrogens is 228 g/mol. The van der Waals surface area contributed by atoms with Gasteiger partial charge in [0.2, 0.25) is 5.89 Å². The molecule has 0 aliphatic heterocycles. The molecule has 5 heteroatoms. The predicted octanol–water partition coefficient (Wildman–Crippen LogP) is 1.90. The first-order valence-corrected chi connectivity index (χ1v) is 6.38. The summed E-state index contributed by atoms with van der Waals surface area (Å²) in [6.07, 6.45) is 6.90. The van der Waals surface area contributed by atoms with Crippen molar-refractivity contribution >= 4 is 0 Å². The third-order valence-corrected chi connectivity index (χ3v) is 3.42. The fourth-order valence-electron chi connectivity index (χ4n) is 2.41. The lowest BCUT2D eigenvalue weighted by Crippen LogP contribution is -2.17. The third-order valence-electron chi connectivity index (χ3n) is 3.42. The highest BCUT2D eigenvalue weighted by molar-refractivity contribution is 5.18. The van der Waals surface area contributed by atoms with Crippen molar-refractivity contribution in [2.24, 2.45) is 5.92 Å². The molecule has 1 fully saturated rings. The molecule has 1 unspecified atom stereocenters. The van der Waals surface area contributed by atoms with Crippen LogP contribution in [0.25, 0.3) is 0 Å². The molecule has 2 aromatic heterocycles. The van der Waals surface area contributed by atoms with Crippen LogP contribution in [0.5, 0.6) is 0 Å². The van der Waals surface area contributed by atoms with Crippen LogP contribution in [-0.2, 0) is 6.54 Å². The van der Waals surface area contributed by atoms with Gasteiger partial charge < -0.3 is 14.4 Å². The van der Waals surface area contributed by atoms with Crippen molar-refractivity contribution in [1.29, 1.82) is 0 Å². The van der Waals surface area contributed by atoms with E-state index in [1.54, 1.807) is 0 Å². The maximum atomic E-state index is 5.13. The second kappa shape index (κ2) is 4.57. The molecule has 3 rings (SSSR count). The average Bonchev–Trinajstić information content (AvgIpc) is 2.94. The Morgan fingerprint density at radius 1 is 1.56 bits per heavy atom. The average molecular weight is 246 g/mol. The fraction of sp³-hybridized carbons (Fsp3) is 0.538. The number of aryl methyl sites for hydroxylation is 1. The van der Waals surface area contributed by atoms with Crippen LogP contribution < -0.4 is 5.32 Å². The van der Waals surface area contributed by atoms with Crippen LogP contribution in [0.4, 0.5) is 0 Å². The molecule has 1 atom stereocenters. The largest absolute Gasteiger partial charge is 0.345 e. The quantitative estimate of drug-likeness (QED) is 0.875. The second-order valence-electron chi connectivity index (χ2n) is 4.96. The minimum Gasteiger partial charge on any atom is -0.345 e. The van der Waals surface area contributed by atoms with Gasteiger partial charge in [-0.05, 0) is 44.4 Å². The van der Waals surface area contributed by atoms with E-state index < -0.39 is 0 Å². The van der Waals surface area contributed by atoms with Crippen molar-refractivity contribution in [1.82, 2.24) is 20.0 Å². The molecule has 0 radical (unpaired) electrons. The summed E-state index contributed by atoms with van der Waals surface area (Å²) in [6, 6.07) is 2.65. The monoisotopic (exact) mass is 246 g/mol. The van der Waals surface area contributed by atoms with Gasteiger partial charge in [-0.3, -0.25) is 0 Å². The van der Waals surface area contributed by atoms with Crippen LogP contribution in [0.3, 0.4) is 0 Å². The van der Waals surface area contributed by atoms with Gasteiger partial charge in [0.05, 0.1) is 0 Å². The minimum atomic E-state index is 0.482. The van der Waals surface area contributed by atoms with E-state index in [9.17, 15) is 0 Å². The zero-order chi connectivity index (χ0) is 12.5. The van der Waals surface area contributed by atoms with E-state index in [1.807, 2.05) is 14.0 Å². The molecule has 0 aromatic carbocycles. The maximum absolute atomic E-state index is 5.13. The Bertz CT molecular complexity index is 527. The summed E-state index contributed by atoms with van der Waals surface area (Å²) in [5.74, 6) is 2.14. The second-order valence-corrected chi connectivity index (χ2v) is 4.96. The van der Waals surface area contributed by atoms with Gasteiger partial charge in [0.25, 0.3) is 0 Å². The topological polar surface area (TPSA) is 55.9 Å². The van der Waals surface area contributed by atoms with Crippen molar-refractivity contribution in [3.8, 4) is 0 Å². The fourth-order valence-corrected chi connectivity index (χ4v) is 2.41. The van der Waals surface area contributed by atoms with Crippen molar-refractivity contribution in [3.63, 3.8) is 0 Å². The molecule has 18 heavy (non-hydrogen) atoms. The SMILES string of the molecule is CNC(c1ccn(Cc2nc(C)no2)c1)C1CC1. The molecular formula is C13H18N4O. The van der Waals surface area contributed by atoms with E-state index in [4.69, 9.17) is 4.52 Å². The van der Waals surface area contributed by atoms with Crippen LogP contribution in [0.15, 0.2) is 23.0 Å². The zero-order valence-corrected chi connectivity index (χ0v) is 10.8. The number of rotatable bonds is 5. The standard InChI is InChI=1S/C13H18N4O/c1-9-15-12(18-16-9)8-17-6-5-11(7-17)13(14-2)10-3-4-10/h5-7,10,13-14H,3-4,8H2,1-2H3. The van der Waals surface area contributed by atoms with E-state index in [0.29, 0.717) is 24.3 Å².